The van der Waals surface area contributed by atoms with E-state index in [-0.39, 0.29) is 24.5 Å². The summed E-state index contributed by atoms with van der Waals surface area (Å²) in [6.45, 7) is 1.66. The van der Waals surface area contributed by atoms with Crippen LogP contribution >= 0.6 is 7.82 Å². The summed E-state index contributed by atoms with van der Waals surface area (Å²) >= 11 is 0. The minimum absolute atomic E-state index is 0.0757. The predicted molar refractivity (Wildman–Crippen MR) is 90.7 cm³/mol. The SMILES string of the molecule is B[PH]1(O)OC[C@H](C)O[C@@H](n2cnc3c(N=[N+]=[N-])ncnc32)[C@@H](O)CO1. The Kier molecular flexibility index (Phi) is 5.16. The van der Waals surface area contributed by atoms with Crippen LogP contribution in [-0.4, -0.2) is 62.5 Å². The molecule has 0 amide bonds. The first-order valence-electron chi connectivity index (χ1n) is 7.48. The summed E-state index contributed by atoms with van der Waals surface area (Å²) in [6.07, 6.45) is 0.201. The summed E-state index contributed by atoms with van der Waals surface area (Å²) in [7, 11) is -1.85. The van der Waals surface area contributed by atoms with E-state index in [0.29, 0.717) is 5.65 Å². The Bertz CT molecular complexity index is 813. The molecule has 2 N–H and O–H groups in total. The normalized spacial score (nSPS) is 28.4. The molecule has 0 aliphatic carbocycles. The molecule has 1 saturated heterocycles. The quantitative estimate of drug-likeness (QED) is 0.248. The average Bonchev–Trinajstić information content (AvgIpc) is 3.01. The van der Waals surface area contributed by atoms with E-state index in [4.69, 9.17) is 19.3 Å². The van der Waals surface area contributed by atoms with Crippen LogP contribution in [0.5, 0.6) is 0 Å². The van der Waals surface area contributed by atoms with Gasteiger partial charge in [0.05, 0.1) is 0 Å². The first-order chi connectivity index (χ1) is 11.9. The zero-order valence-electron chi connectivity index (χ0n) is 13.6. The Morgan fingerprint density at radius 1 is 1.40 bits per heavy atom. The van der Waals surface area contributed by atoms with Crippen LogP contribution in [-0.2, 0) is 13.8 Å². The molecule has 1 aliphatic heterocycles. The fourth-order valence-electron chi connectivity index (χ4n) is 2.40. The summed E-state index contributed by atoms with van der Waals surface area (Å²) in [5.41, 5.74) is 9.22. The first kappa shape index (κ1) is 18.0. The van der Waals surface area contributed by atoms with E-state index in [0.717, 1.165) is 0 Å². The number of rotatable bonds is 2. The molecule has 0 spiro atoms. The minimum atomic E-state index is -3.32. The maximum absolute atomic E-state index is 10.5. The topological polar surface area (TPSA) is 161 Å². The van der Waals surface area contributed by atoms with E-state index in [1.807, 2.05) is 0 Å². The van der Waals surface area contributed by atoms with Gasteiger partial charge in [-0.2, -0.15) is 0 Å². The van der Waals surface area contributed by atoms with Gasteiger partial charge in [-0.05, 0) is 0 Å². The first-order valence-corrected chi connectivity index (χ1v) is 9.74. The van der Waals surface area contributed by atoms with Gasteiger partial charge in [0, 0.05) is 0 Å². The number of aromatic nitrogens is 4. The molecule has 0 saturated carbocycles. The molecule has 1 fully saturated rings. The number of imidazole rings is 1. The Morgan fingerprint density at radius 2 is 2.16 bits per heavy atom. The standard InChI is InChI=1S/C11H17BN7O5P/c1-6-2-22-25(12,21)23-3-7(20)11(24-6)19-5-16-8-9(17-18-13)14-4-15-10(8)19/h4-7,11,20-21,25H,2-3,12H2,1H3/t6-,7-,11+/m0/s1. The van der Waals surface area contributed by atoms with E-state index in [9.17, 15) is 10.00 Å². The van der Waals surface area contributed by atoms with Crippen LogP contribution in [0.3, 0.4) is 0 Å². The van der Waals surface area contributed by atoms with E-state index < -0.39 is 26.3 Å². The van der Waals surface area contributed by atoms with Crippen LogP contribution in [0.1, 0.15) is 13.2 Å². The summed E-state index contributed by atoms with van der Waals surface area (Å²) in [6, 6.07) is 0. The molecule has 3 rings (SSSR count). The van der Waals surface area contributed by atoms with Crippen LogP contribution in [0.15, 0.2) is 17.8 Å². The van der Waals surface area contributed by atoms with Crippen LogP contribution in [0.4, 0.5) is 5.82 Å². The molecule has 2 aromatic rings. The molecule has 0 radical (unpaired) electrons. The van der Waals surface area contributed by atoms with Crippen molar-refractivity contribution in [1.29, 1.82) is 0 Å². The zero-order valence-corrected chi connectivity index (χ0v) is 14.6. The second kappa shape index (κ2) is 7.18. The van der Waals surface area contributed by atoms with Crippen molar-refractivity contribution >= 4 is 32.4 Å². The van der Waals surface area contributed by atoms with Gasteiger partial charge in [0.1, 0.15) is 0 Å². The molecular weight excluding hydrogens is 352 g/mol. The van der Waals surface area contributed by atoms with Gasteiger partial charge in [0.15, 0.2) is 0 Å². The third kappa shape index (κ3) is 3.88. The van der Waals surface area contributed by atoms with Gasteiger partial charge in [-0.3, -0.25) is 0 Å². The second-order valence-corrected chi connectivity index (χ2v) is 8.01. The number of nitrogens with zero attached hydrogens (tertiary/aromatic N) is 7. The second-order valence-electron chi connectivity index (χ2n) is 5.64. The van der Waals surface area contributed by atoms with E-state index in [1.165, 1.54) is 24.8 Å². The molecule has 0 unspecified atom stereocenters. The summed E-state index contributed by atoms with van der Waals surface area (Å²) < 4.78 is 18.0. The molecular formula is C11H17BN7O5P. The van der Waals surface area contributed by atoms with Crippen molar-refractivity contribution in [3.8, 4) is 0 Å². The Labute approximate surface area is 143 Å². The van der Waals surface area contributed by atoms with Crippen LogP contribution in [0, 0.1) is 0 Å². The molecule has 0 aromatic carbocycles. The third-order valence-corrected chi connectivity index (χ3v) is 4.97. The summed E-state index contributed by atoms with van der Waals surface area (Å²) in [5, 5.41) is 14.0. The number of hydrogen-bond acceptors (Lipinski definition) is 9. The van der Waals surface area contributed by atoms with Gasteiger partial charge in [-0.1, -0.05) is 0 Å². The molecule has 1 aliphatic rings. The third-order valence-electron chi connectivity index (χ3n) is 3.56. The van der Waals surface area contributed by atoms with E-state index in [1.54, 1.807) is 6.92 Å². The Balaban J connectivity index is 2.00. The Morgan fingerprint density at radius 3 is 2.92 bits per heavy atom. The van der Waals surface area contributed by atoms with Crippen molar-refractivity contribution in [3.05, 3.63) is 23.1 Å². The fourth-order valence-corrected chi connectivity index (χ4v) is 3.50. The molecule has 134 valence electrons. The predicted octanol–water partition coefficient (Wildman–Crippen LogP) is 0.115. The van der Waals surface area contributed by atoms with Crippen molar-refractivity contribution < 1.29 is 23.8 Å². The summed E-state index contributed by atoms with van der Waals surface area (Å²) in [5.74, 6) is 0.0757. The number of aliphatic hydroxyl groups is 1. The molecule has 3 atom stereocenters. The number of fused-ring (bicyclic) bond motifs is 1. The van der Waals surface area contributed by atoms with Crippen molar-refractivity contribution in [2.45, 2.75) is 25.4 Å². The Hall–Kier alpha value is -1.85. The molecule has 14 heteroatoms. The molecule has 25 heavy (non-hydrogen) atoms. The van der Waals surface area contributed by atoms with Gasteiger partial charge in [0.2, 0.25) is 0 Å². The molecule has 12 nitrogen and oxygen atoms in total. The molecule has 3 heterocycles. The van der Waals surface area contributed by atoms with Crippen molar-refractivity contribution in [2.75, 3.05) is 13.2 Å². The number of azide groups is 1. The molecule has 2 aromatic heterocycles. The fraction of sp³-hybridized carbons (Fsp3) is 0.545. The zero-order chi connectivity index (χ0) is 18.0. The van der Waals surface area contributed by atoms with Crippen molar-refractivity contribution in [1.82, 2.24) is 19.5 Å². The van der Waals surface area contributed by atoms with E-state index >= 15 is 0 Å². The number of ether oxygens (including phenoxy) is 1. The van der Waals surface area contributed by atoms with Gasteiger partial charge in [-0.25, -0.2) is 0 Å². The van der Waals surface area contributed by atoms with Gasteiger partial charge >= 0.3 is 142 Å². The maximum atomic E-state index is 10.5. The molecule has 0 bridgehead atoms. The summed E-state index contributed by atoms with van der Waals surface area (Å²) in [4.78, 5) is 24.9. The van der Waals surface area contributed by atoms with Gasteiger partial charge in [0.25, 0.3) is 0 Å². The number of hydrogen-bond donors (Lipinski definition) is 2. The number of aliphatic hydroxyl groups excluding tert-OH is 1. The van der Waals surface area contributed by atoms with Crippen LogP contribution in [0.25, 0.3) is 21.6 Å². The van der Waals surface area contributed by atoms with Gasteiger partial charge < -0.3 is 0 Å². The van der Waals surface area contributed by atoms with Crippen molar-refractivity contribution in [3.63, 3.8) is 0 Å². The average molecular weight is 369 g/mol. The van der Waals surface area contributed by atoms with E-state index in [2.05, 4.69) is 25.0 Å². The van der Waals surface area contributed by atoms with Gasteiger partial charge in [-0.15, -0.1) is 0 Å². The van der Waals surface area contributed by atoms with Crippen LogP contribution < -0.4 is 0 Å². The monoisotopic (exact) mass is 369 g/mol. The van der Waals surface area contributed by atoms with Crippen molar-refractivity contribution in [2.24, 2.45) is 5.11 Å². The van der Waals surface area contributed by atoms with Crippen LogP contribution in [0.2, 0.25) is 0 Å².